The average molecular weight is 323 g/mol. The second-order valence-corrected chi connectivity index (χ2v) is 5.87. The fourth-order valence-electron chi connectivity index (χ4n) is 2.05. The summed E-state index contributed by atoms with van der Waals surface area (Å²) in [7, 11) is -5.07. The molecule has 1 saturated heterocycles. The van der Waals surface area contributed by atoms with Gasteiger partial charge in [-0.2, -0.15) is 4.34 Å². The maximum absolute atomic E-state index is 12.0. The molecule has 0 aromatic carbocycles. The summed E-state index contributed by atoms with van der Waals surface area (Å²) in [6.07, 6.45) is -4.64. The molecule has 0 amide bonds. The monoisotopic (exact) mass is 323 g/mol. The van der Waals surface area contributed by atoms with Crippen LogP contribution in [0.5, 0.6) is 0 Å². The Bertz CT molecular complexity index is 693. The molecule has 4 atom stereocenters. The minimum Gasteiger partial charge on any atom is -0.394 e. The van der Waals surface area contributed by atoms with Crippen LogP contribution in [-0.2, 0) is 9.30 Å². The maximum Gasteiger partial charge on any atom is 0.439 e. The Hall–Kier alpha value is -1.33. The van der Waals surface area contributed by atoms with Gasteiger partial charge in [0.15, 0.2) is 6.23 Å². The molecule has 1 aromatic heterocycles. The highest BCUT2D eigenvalue weighted by atomic mass is 31.2. The number of hydrogen-bond donors (Lipinski definition) is 6. The fourth-order valence-corrected chi connectivity index (χ4v) is 2.73. The summed E-state index contributed by atoms with van der Waals surface area (Å²) in [4.78, 5) is 30.2. The first kappa shape index (κ1) is 16.0. The topological polar surface area (TPSA) is 178 Å². The molecule has 0 saturated carbocycles. The highest BCUT2D eigenvalue weighted by molar-refractivity contribution is 7.50. The minimum absolute atomic E-state index is 0.0677. The molecule has 21 heavy (non-hydrogen) atoms. The number of aromatic nitrogens is 2. The largest absolute Gasteiger partial charge is 0.439 e. The van der Waals surface area contributed by atoms with E-state index in [9.17, 15) is 19.6 Å². The predicted molar refractivity (Wildman–Crippen MR) is 65.0 cm³/mol. The van der Waals surface area contributed by atoms with E-state index < -0.39 is 50.1 Å². The van der Waals surface area contributed by atoms with Crippen molar-refractivity contribution in [1.82, 2.24) is 8.90 Å². The lowest BCUT2D eigenvalue weighted by atomic mass is 10.1. The van der Waals surface area contributed by atoms with Crippen LogP contribution in [0.3, 0.4) is 0 Å². The van der Waals surface area contributed by atoms with Crippen molar-refractivity contribution in [2.75, 3.05) is 6.61 Å². The lowest BCUT2D eigenvalue weighted by Gasteiger charge is -2.19. The molecule has 2 heterocycles. The van der Waals surface area contributed by atoms with Crippen LogP contribution < -0.4 is 11.2 Å². The SMILES string of the molecule is N=c1ccn([C@@H]2O[C@H](CO)[C@@H](O)[C@H]2O)c(=O)n1P(=O)(O)O. The van der Waals surface area contributed by atoms with Gasteiger partial charge in [0.25, 0.3) is 0 Å². The van der Waals surface area contributed by atoms with Crippen LogP contribution in [-0.4, -0.2) is 58.9 Å². The Labute approximate surface area is 117 Å². The molecule has 0 unspecified atom stereocenters. The average Bonchev–Trinajstić information content (AvgIpc) is 2.65. The van der Waals surface area contributed by atoms with Gasteiger partial charge < -0.3 is 29.8 Å². The van der Waals surface area contributed by atoms with Gasteiger partial charge in [-0.15, -0.1) is 0 Å². The molecule has 0 spiro atoms. The minimum atomic E-state index is -5.07. The van der Waals surface area contributed by atoms with Crippen molar-refractivity contribution in [3.05, 3.63) is 28.2 Å². The van der Waals surface area contributed by atoms with Gasteiger partial charge in [-0.3, -0.25) is 9.98 Å². The number of rotatable bonds is 3. The van der Waals surface area contributed by atoms with Crippen LogP contribution in [0.15, 0.2) is 17.1 Å². The zero-order valence-electron chi connectivity index (χ0n) is 10.5. The summed E-state index contributed by atoms with van der Waals surface area (Å²) in [5.41, 5.74) is -2.01. The first-order valence-electron chi connectivity index (χ1n) is 5.76. The summed E-state index contributed by atoms with van der Waals surface area (Å²) in [6.45, 7) is -0.613. The summed E-state index contributed by atoms with van der Waals surface area (Å²) >= 11 is 0. The van der Waals surface area contributed by atoms with Crippen molar-refractivity contribution in [1.29, 1.82) is 5.41 Å². The summed E-state index contributed by atoms with van der Waals surface area (Å²) in [5, 5.41) is 35.8. The highest BCUT2D eigenvalue weighted by Gasteiger charge is 2.44. The van der Waals surface area contributed by atoms with Gasteiger partial charge >= 0.3 is 13.4 Å². The predicted octanol–water partition coefficient (Wildman–Crippen LogP) is -3.32. The molecule has 2 rings (SSSR count). The zero-order chi connectivity index (χ0) is 15.9. The van der Waals surface area contributed by atoms with E-state index in [0.29, 0.717) is 4.57 Å². The number of nitrogens with one attached hydrogen (secondary N) is 1. The molecule has 0 bridgehead atoms. The number of hydrogen-bond acceptors (Lipinski definition) is 7. The maximum atomic E-state index is 12.0. The van der Waals surface area contributed by atoms with Crippen LogP contribution in [0.2, 0.25) is 0 Å². The third kappa shape index (κ3) is 2.72. The van der Waals surface area contributed by atoms with Crippen molar-refractivity contribution < 1.29 is 34.4 Å². The van der Waals surface area contributed by atoms with Gasteiger partial charge in [0, 0.05) is 6.20 Å². The molecule has 1 aliphatic rings. The molecule has 118 valence electrons. The Morgan fingerprint density at radius 3 is 2.43 bits per heavy atom. The van der Waals surface area contributed by atoms with Gasteiger partial charge in [0.2, 0.25) is 0 Å². The van der Waals surface area contributed by atoms with E-state index in [1.165, 1.54) is 0 Å². The van der Waals surface area contributed by atoms with Crippen LogP contribution in [0.25, 0.3) is 0 Å². The molecular weight excluding hydrogens is 309 g/mol. The van der Waals surface area contributed by atoms with E-state index in [2.05, 4.69) is 0 Å². The van der Waals surface area contributed by atoms with Crippen molar-refractivity contribution in [2.45, 2.75) is 24.5 Å². The van der Waals surface area contributed by atoms with Crippen molar-refractivity contribution >= 4 is 7.75 Å². The van der Waals surface area contributed by atoms with E-state index in [-0.39, 0.29) is 4.34 Å². The van der Waals surface area contributed by atoms with Crippen LogP contribution in [0.4, 0.5) is 0 Å². The van der Waals surface area contributed by atoms with Crippen molar-refractivity contribution in [3.8, 4) is 0 Å². The van der Waals surface area contributed by atoms with Crippen molar-refractivity contribution in [3.63, 3.8) is 0 Å². The first-order chi connectivity index (χ1) is 9.68. The Morgan fingerprint density at radius 2 is 1.95 bits per heavy atom. The Morgan fingerprint density at radius 1 is 1.33 bits per heavy atom. The second-order valence-electron chi connectivity index (χ2n) is 4.44. The fraction of sp³-hybridized carbons (Fsp3) is 0.556. The summed E-state index contributed by atoms with van der Waals surface area (Å²) in [5.74, 6) is 0. The number of aliphatic hydroxyl groups excluding tert-OH is 3. The van der Waals surface area contributed by atoms with Crippen LogP contribution in [0.1, 0.15) is 6.23 Å². The summed E-state index contributed by atoms with van der Waals surface area (Å²) in [6, 6.07) is 0.926. The highest BCUT2D eigenvalue weighted by Crippen LogP contribution is 2.33. The van der Waals surface area contributed by atoms with Crippen LogP contribution >= 0.6 is 7.75 Å². The van der Waals surface area contributed by atoms with E-state index >= 15 is 0 Å². The van der Waals surface area contributed by atoms with Gasteiger partial charge in [0.05, 0.1) is 6.61 Å². The molecule has 11 nitrogen and oxygen atoms in total. The normalized spacial score (nSPS) is 29.8. The van der Waals surface area contributed by atoms with Gasteiger partial charge in [-0.1, -0.05) is 0 Å². The first-order valence-corrected chi connectivity index (χ1v) is 7.32. The smallest absolute Gasteiger partial charge is 0.394 e. The third-order valence-electron chi connectivity index (χ3n) is 3.08. The van der Waals surface area contributed by atoms with E-state index in [1.54, 1.807) is 0 Å². The molecule has 1 fully saturated rings. The Kier molecular flexibility index (Phi) is 4.17. The molecule has 6 N–H and O–H groups in total. The van der Waals surface area contributed by atoms with Crippen LogP contribution in [0, 0.1) is 5.41 Å². The molecule has 0 aliphatic carbocycles. The number of aliphatic hydroxyl groups is 3. The van der Waals surface area contributed by atoms with E-state index in [0.717, 1.165) is 12.3 Å². The molecular formula is C9H14N3O8P. The van der Waals surface area contributed by atoms with E-state index in [1.807, 2.05) is 0 Å². The quantitative estimate of drug-likeness (QED) is 0.313. The van der Waals surface area contributed by atoms with Crippen molar-refractivity contribution in [2.24, 2.45) is 0 Å². The van der Waals surface area contributed by atoms with Gasteiger partial charge in [0.1, 0.15) is 23.8 Å². The second kappa shape index (κ2) is 5.46. The van der Waals surface area contributed by atoms with Gasteiger partial charge in [-0.05, 0) is 6.07 Å². The van der Waals surface area contributed by atoms with E-state index in [4.69, 9.17) is 25.0 Å². The molecule has 12 heteroatoms. The lowest BCUT2D eigenvalue weighted by molar-refractivity contribution is -0.0553. The molecule has 1 aromatic rings. The Balaban J connectivity index is 2.55. The summed E-state index contributed by atoms with van der Waals surface area (Å²) < 4.78 is 16.9. The molecule has 0 radical (unpaired) electrons. The zero-order valence-corrected chi connectivity index (χ0v) is 11.4. The van der Waals surface area contributed by atoms with Gasteiger partial charge in [-0.25, -0.2) is 9.36 Å². The number of nitrogens with zero attached hydrogens (tertiary/aromatic N) is 2. The number of ether oxygens (including phenoxy) is 1. The third-order valence-corrected chi connectivity index (χ3v) is 3.98. The lowest BCUT2D eigenvalue weighted by Crippen LogP contribution is -2.42. The standard InChI is InChI=1S/C9H14N3O8P/c10-5-1-2-11(9(16)12(5)21(17,18)19)8-7(15)6(14)4(3-13)20-8/h1-2,4,6-8,10,13-15H,3H2,(H2,17,18,19)/t4-,6-,7-,8-/m1/s1. The molecule has 1 aliphatic heterocycles.